The summed E-state index contributed by atoms with van der Waals surface area (Å²) in [7, 11) is 0. The molecule has 1 aromatic carbocycles. The molecular formula is C18H14FN3O3S. The van der Waals surface area contributed by atoms with E-state index in [1.807, 2.05) is 0 Å². The summed E-state index contributed by atoms with van der Waals surface area (Å²) in [5.74, 6) is -1.29. The third-order valence-corrected chi connectivity index (χ3v) is 4.54. The lowest BCUT2D eigenvalue weighted by atomic mass is 10.2. The number of nitrogens with zero attached hydrogens (tertiary/aromatic N) is 2. The zero-order valence-corrected chi connectivity index (χ0v) is 14.3. The number of nitrogens with one attached hydrogen (secondary N) is 1. The van der Waals surface area contributed by atoms with E-state index < -0.39 is 17.0 Å². The van der Waals surface area contributed by atoms with Crippen molar-refractivity contribution in [2.24, 2.45) is 0 Å². The molecule has 1 aromatic heterocycles. The lowest BCUT2D eigenvalue weighted by Gasteiger charge is -2.12. The molecular weight excluding hydrogens is 357 g/mol. The zero-order valence-electron chi connectivity index (χ0n) is 13.5. The Morgan fingerprint density at radius 3 is 2.65 bits per heavy atom. The standard InChI is InChI=1S/C18H14FN3O3S/c19-14-4-2-1-3-13(14)11-15-17(24)22(18(25)26-15)10-9-21-16(23)12-5-7-20-8-6-12/h1-8,11H,9-10H2,(H,21,23). The molecule has 1 aliphatic heterocycles. The number of pyridine rings is 1. The fourth-order valence-corrected chi connectivity index (χ4v) is 3.17. The molecule has 2 heterocycles. The van der Waals surface area contributed by atoms with Crippen LogP contribution in [0.3, 0.4) is 0 Å². The van der Waals surface area contributed by atoms with Crippen molar-refractivity contribution in [3.05, 3.63) is 70.6 Å². The fraction of sp³-hybridized carbons (Fsp3) is 0.111. The van der Waals surface area contributed by atoms with Gasteiger partial charge in [0.15, 0.2) is 0 Å². The maximum Gasteiger partial charge on any atom is 0.293 e. The Morgan fingerprint density at radius 2 is 1.92 bits per heavy atom. The number of benzene rings is 1. The van der Waals surface area contributed by atoms with Crippen LogP contribution in [0.1, 0.15) is 15.9 Å². The second-order valence-corrected chi connectivity index (χ2v) is 6.34. The highest BCUT2D eigenvalue weighted by atomic mass is 32.2. The third kappa shape index (κ3) is 3.97. The fourth-order valence-electron chi connectivity index (χ4n) is 2.31. The van der Waals surface area contributed by atoms with Crippen LogP contribution in [0.4, 0.5) is 9.18 Å². The molecule has 0 spiro atoms. The van der Waals surface area contributed by atoms with Crippen molar-refractivity contribution in [3.63, 3.8) is 0 Å². The van der Waals surface area contributed by atoms with E-state index in [9.17, 15) is 18.8 Å². The van der Waals surface area contributed by atoms with Crippen LogP contribution in [0.25, 0.3) is 6.08 Å². The topological polar surface area (TPSA) is 79.4 Å². The molecule has 0 radical (unpaired) electrons. The van der Waals surface area contributed by atoms with Gasteiger partial charge in [-0.2, -0.15) is 0 Å². The molecule has 0 aliphatic carbocycles. The van der Waals surface area contributed by atoms with Crippen LogP contribution in [0.2, 0.25) is 0 Å². The van der Waals surface area contributed by atoms with Crippen molar-refractivity contribution in [2.75, 3.05) is 13.1 Å². The number of aromatic nitrogens is 1. The van der Waals surface area contributed by atoms with Crippen LogP contribution >= 0.6 is 11.8 Å². The lowest BCUT2D eigenvalue weighted by molar-refractivity contribution is -0.122. The molecule has 2 aromatic rings. The van der Waals surface area contributed by atoms with Gasteiger partial charge in [0.05, 0.1) is 4.91 Å². The molecule has 0 unspecified atom stereocenters. The first kappa shape index (κ1) is 17.8. The number of rotatable bonds is 5. The molecule has 0 saturated carbocycles. The minimum atomic E-state index is -0.499. The Labute approximate surface area is 153 Å². The number of carbonyl (C=O) groups excluding carboxylic acids is 3. The number of hydrogen-bond acceptors (Lipinski definition) is 5. The number of carbonyl (C=O) groups is 3. The van der Waals surface area contributed by atoms with E-state index in [0.717, 1.165) is 16.7 Å². The molecule has 0 atom stereocenters. The monoisotopic (exact) mass is 371 g/mol. The predicted octanol–water partition coefficient (Wildman–Crippen LogP) is 2.69. The molecule has 8 heteroatoms. The smallest absolute Gasteiger partial charge is 0.293 e. The van der Waals surface area contributed by atoms with Crippen molar-refractivity contribution in [1.82, 2.24) is 15.2 Å². The highest BCUT2D eigenvalue weighted by Crippen LogP contribution is 2.32. The van der Waals surface area contributed by atoms with Gasteiger partial charge in [0.25, 0.3) is 17.1 Å². The van der Waals surface area contributed by atoms with Gasteiger partial charge in [0.1, 0.15) is 5.82 Å². The predicted molar refractivity (Wildman–Crippen MR) is 95.6 cm³/mol. The molecule has 6 nitrogen and oxygen atoms in total. The van der Waals surface area contributed by atoms with Gasteiger partial charge in [-0.15, -0.1) is 0 Å². The van der Waals surface area contributed by atoms with Crippen LogP contribution in [0, 0.1) is 5.82 Å². The summed E-state index contributed by atoms with van der Waals surface area (Å²) in [6.45, 7) is 0.155. The summed E-state index contributed by atoms with van der Waals surface area (Å²) < 4.78 is 13.7. The number of halogens is 1. The largest absolute Gasteiger partial charge is 0.350 e. The van der Waals surface area contributed by atoms with Gasteiger partial charge in [-0.25, -0.2) is 4.39 Å². The Bertz CT molecular complexity index is 886. The second-order valence-electron chi connectivity index (χ2n) is 5.35. The summed E-state index contributed by atoms with van der Waals surface area (Å²) >= 11 is 0.751. The van der Waals surface area contributed by atoms with Gasteiger partial charge >= 0.3 is 0 Å². The molecule has 3 amide bonds. The normalized spacial score (nSPS) is 15.6. The molecule has 0 bridgehead atoms. The number of hydrogen-bond donors (Lipinski definition) is 1. The SMILES string of the molecule is O=C(NCCN1C(=O)SC(=Cc2ccccc2F)C1=O)c1ccncc1. The van der Waals surface area contributed by atoms with Crippen molar-refractivity contribution >= 4 is 34.9 Å². The van der Waals surface area contributed by atoms with Gasteiger partial charge in [-0.3, -0.25) is 24.3 Å². The first-order valence-electron chi connectivity index (χ1n) is 7.74. The molecule has 1 saturated heterocycles. The molecule has 1 aliphatic rings. The third-order valence-electron chi connectivity index (χ3n) is 3.63. The van der Waals surface area contributed by atoms with E-state index in [4.69, 9.17) is 0 Å². The van der Waals surface area contributed by atoms with E-state index >= 15 is 0 Å². The zero-order chi connectivity index (χ0) is 18.5. The minimum absolute atomic E-state index is 0.0378. The van der Waals surface area contributed by atoms with Crippen molar-refractivity contribution < 1.29 is 18.8 Å². The molecule has 3 rings (SSSR count). The van der Waals surface area contributed by atoms with Gasteiger partial charge in [0.2, 0.25) is 0 Å². The summed E-state index contributed by atoms with van der Waals surface area (Å²) in [6, 6.07) is 9.12. The summed E-state index contributed by atoms with van der Waals surface area (Å²) in [4.78, 5) is 41.3. The second kappa shape index (κ2) is 7.92. The number of thioether (sulfide) groups is 1. The van der Waals surface area contributed by atoms with Gasteiger partial charge < -0.3 is 5.32 Å². The lowest BCUT2D eigenvalue weighted by Crippen LogP contribution is -2.37. The summed E-state index contributed by atoms with van der Waals surface area (Å²) in [5.41, 5.74) is 0.678. The molecule has 1 fully saturated rings. The van der Waals surface area contributed by atoms with Crippen LogP contribution in [-0.4, -0.2) is 40.0 Å². The number of imide groups is 1. The van der Waals surface area contributed by atoms with E-state index in [2.05, 4.69) is 10.3 Å². The maximum absolute atomic E-state index is 13.7. The maximum atomic E-state index is 13.7. The first-order chi connectivity index (χ1) is 12.6. The van der Waals surface area contributed by atoms with E-state index in [-0.39, 0.29) is 29.5 Å². The van der Waals surface area contributed by atoms with Crippen LogP contribution in [-0.2, 0) is 4.79 Å². The van der Waals surface area contributed by atoms with Crippen LogP contribution in [0.15, 0.2) is 53.7 Å². The van der Waals surface area contributed by atoms with Crippen LogP contribution < -0.4 is 5.32 Å². The Hall–Kier alpha value is -3.00. The molecule has 132 valence electrons. The van der Waals surface area contributed by atoms with Gasteiger partial charge in [-0.1, -0.05) is 18.2 Å². The molecule has 26 heavy (non-hydrogen) atoms. The van der Waals surface area contributed by atoms with E-state index in [1.54, 1.807) is 24.3 Å². The van der Waals surface area contributed by atoms with Crippen molar-refractivity contribution in [3.8, 4) is 0 Å². The quantitative estimate of drug-likeness (QED) is 0.818. The Morgan fingerprint density at radius 1 is 1.19 bits per heavy atom. The number of amides is 3. The Kier molecular flexibility index (Phi) is 5.43. The average Bonchev–Trinajstić information content (AvgIpc) is 2.91. The minimum Gasteiger partial charge on any atom is -0.350 e. The van der Waals surface area contributed by atoms with Crippen molar-refractivity contribution in [2.45, 2.75) is 0 Å². The summed E-state index contributed by atoms with van der Waals surface area (Å²) in [5, 5.41) is 2.19. The summed E-state index contributed by atoms with van der Waals surface area (Å²) in [6.07, 6.45) is 4.35. The van der Waals surface area contributed by atoms with Gasteiger partial charge in [-0.05, 0) is 36.0 Å². The van der Waals surface area contributed by atoms with Crippen LogP contribution in [0.5, 0.6) is 0 Å². The highest BCUT2D eigenvalue weighted by molar-refractivity contribution is 8.18. The average molecular weight is 371 g/mol. The van der Waals surface area contributed by atoms with E-state index in [1.165, 1.54) is 30.6 Å². The Balaban J connectivity index is 1.61. The van der Waals surface area contributed by atoms with E-state index in [0.29, 0.717) is 5.56 Å². The van der Waals surface area contributed by atoms with Crippen molar-refractivity contribution in [1.29, 1.82) is 0 Å². The highest BCUT2D eigenvalue weighted by Gasteiger charge is 2.34. The van der Waals surface area contributed by atoms with Gasteiger partial charge in [0, 0.05) is 36.6 Å². The first-order valence-corrected chi connectivity index (χ1v) is 8.56. The molecule has 1 N–H and O–H groups in total.